The van der Waals surface area contributed by atoms with Crippen LogP contribution in [0.25, 0.3) is 0 Å². The third kappa shape index (κ3) is 2.71. The van der Waals surface area contributed by atoms with Crippen molar-refractivity contribution in [2.24, 2.45) is 0 Å². The van der Waals surface area contributed by atoms with E-state index in [1.54, 1.807) is 17.8 Å². The van der Waals surface area contributed by atoms with Gasteiger partial charge in [0.2, 0.25) is 5.91 Å². The van der Waals surface area contributed by atoms with Gasteiger partial charge in [0, 0.05) is 11.3 Å². The number of nitrogens with one attached hydrogen (secondary N) is 1. The summed E-state index contributed by atoms with van der Waals surface area (Å²) in [6.45, 7) is 3.69. The molecule has 1 aromatic heterocycles. The van der Waals surface area contributed by atoms with Crippen molar-refractivity contribution >= 4 is 21.8 Å². The average molecular weight is 323 g/mol. The van der Waals surface area contributed by atoms with E-state index in [2.05, 4.69) is 32.4 Å². The SMILES string of the molecule is Cc1c(Br)cnn1C(C)C(=O)NC1=C(C#N)CCC1. The largest absolute Gasteiger partial charge is 0.327 e. The Morgan fingerprint density at radius 2 is 2.37 bits per heavy atom. The van der Waals surface area contributed by atoms with Gasteiger partial charge in [-0.05, 0) is 49.0 Å². The maximum Gasteiger partial charge on any atom is 0.248 e. The summed E-state index contributed by atoms with van der Waals surface area (Å²) < 4.78 is 2.55. The number of carbonyl (C=O) groups is 1. The molecule has 0 bridgehead atoms. The molecular formula is C13H15BrN4O. The van der Waals surface area contributed by atoms with Crippen LogP contribution >= 0.6 is 15.9 Å². The van der Waals surface area contributed by atoms with Crippen molar-refractivity contribution in [3.63, 3.8) is 0 Å². The molecule has 6 heteroatoms. The second-order valence-electron chi connectivity index (χ2n) is 4.61. The lowest BCUT2D eigenvalue weighted by Crippen LogP contribution is -2.31. The Kier molecular flexibility index (Phi) is 4.05. The molecule has 1 atom stereocenters. The summed E-state index contributed by atoms with van der Waals surface area (Å²) in [7, 11) is 0. The zero-order valence-corrected chi connectivity index (χ0v) is 12.5. The minimum atomic E-state index is -0.403. The second kappa shape index (κ2) is 5.57. The van der Waals surface area contributed by atoms with Crippen molar-refractivity contribution in [1.82, 2.24) is 15.1 Å². The van der Waals surface area contributed by atoms with Crippen LogP contribution in [-0.4, -0.2) is 15.7 Å². The summed E-state index contributed by atoms with van der Waals surface area (Å²) in [6.07, 6.45) is 4.13. The molecule has 100 valence electrons. The smallest absolute Gasteiger partial charge is 0.248 e. The van der Waals surface area contributed by atoms with Crippen LogP contribution in [0.1, 0.15) is 37.9 Å². The monoisotopic (exact) mass is 322 g/mol. The number of hydrogen-bond donors (Lipinski definition) is 1. The predicted octanol–water partition coefficient (Wildman–Crippen LogP) is 2.59. The molecule has 0 fully saturated rings. The summed E-state index contributed by atoms with van der Waals surface area (Å²) >= 11 is 3.37. The molecule has 1 N–H and O–H groups in total. The number of rotatable bonds is 3. The van der Waals surface area contributed by atoms with Gasteiger partial charge in [-0.2, -0.15) is 10.4 Å². The molecule has 0 spiro atoms. The highest BCUT2D eigenvalue weighted by molar-refractivity contribution is 9.10. The van der Waals surface area contributed by atoms with Gasteiger partial charge in [0.05, 0.1) is 22.4 Å². The molecule has 5 nitrogen and oxygen atoms in total. The summed E-state index contributed by atoms with van der Waals surface area (Å²) in [5, 5.41) is 16.0. The Balaban J connectivity index is 2.13. The number of nitriles is 1. The molecule has 2 rings (SSSR count). The van der Waals surface area contributed by atoms with Crippen LogP contribution in [0.4, 0.5) is 0 Å². The highest BCUT2D eigenvalue weighted by atomic mass is 79.9. The Bertz CT molecular complexity index is 582. The van der Waals surface area contributed by atoms with Crippen LogP contribution in [0.2, 0.25) is 0 Å². The molecule has 1 aliphatic rings. The molecule has 1 amide bonds. The number of amides is 1. The number of aromatic nitrogens is 2. The van der Waals surface area contributed by atoms with Gasteiger partial charge < -0.3 is 5.32 Å². The molecule has 0 saturated heterocycles. The zero-order chi connectivity index (χ0) is 14.0. The van der Waals surface area contributed by atoms with Gasteiger partial charge in [0.25, 0.3) is 0 Å². The van der Waals surface area contributed by atoms with Crippen molar-refractivity contribution in [3.8, 4) is 6.07 Å². The number of nitrogens with zero attached hydrogens (tertiary/aromatic N) is 3. The van der Waals surface area contributed by atoms with E-state index in [4.69, 9.17) is 5.26 Å². The van der Waals surface area contributed by atoms with Gasteiger partial charge in [-0.1, -0.05) is 0 Å². The van der Waals surface area contributed by atoms with E-state index >= 15 is 0 Å². The maximum atomic E-state index is 12.2. The quantitative estimate of drug-likeness (QED) is 0.929. The van der Waals surface area contributed by atoms with E-state index in [-0.39, 0.29) is 5.91 Å². The van der Waals surface area contributed by atoms with Gasteiger partial charge in [0.15, 0.2) is 0 Å². The van der Waals surface area contributed by atoms with Crippen LogP contribution in [0.5, 0.6) is 0 Å². The van der Waals surface area contributed by atoms with Crippen molar-refractivity contribution < 1.29 is 4.79 Å². The van der Waals surface area contributed by atoms with E-state index in [1.165, 1.54) is 0 Å². The highest BCUT2D eigenvalue weighted by Gasteiger charge is 2.22. The second-order valence-corrected chi connectivity index (χ2v) is 5.46. The molecule has 0 radical (unpaired) electrons. The molecule has 1 aliphatic carbocycles. The molecule has 1 aromatic rings. The molecular weight excluding hydrogens is 308 g/mol. The first-order chi connectivity index (χ1) is 9.04. The Labute approximate surface area is 120 Å². The van der Waals surface area contributed by atoms with Crippen LogP contribution in [0.15, 0.2) is 21.9 Å². The van der Waals surface area contributed by atoms with Gasteiger partial charge in [0.1, 0.15) is 6.04 Å². The fraction of sp³-hybridized carbons (Fsp3) is 0.462. The highest BCUT2D eigenvalue weighted by Crippen LogP contribution is 2.24. The third-order valence-corrected chi connectivity index (χ3v) is 4.14. The molecule has 0 saturated carbocycles. The summed E-state index contributed by atoms with van der Waals surface area (Å²) in [4.78, 5) is 12.2. The first-order valence-corrected chi connectivity index (χ1v) is 6.96. The lowest BCUT2D eigenvalue weighted by atomic mass is 10.2. The standard InChI is InChI=1S/C13H15BrN4O/c1-8-11(14)7-16-18(8)9(2)13(19)17-12-5-3-4-10(12)6-15/h7,9H,3-5H2,1-2H3,(H,17,19). The lowest BCUT2D eigenvalue weighted by molar-refractivity contribution is -0.123. The number of hydrogen-bond acceptors (Lipinski definition) is 3. The van der Waals surface area contributed by atoms with Gasteiger partial charge in [-0.3, -0.25) is 9.48 Å². The normalized spacial score (nSPS) is 16.3. The van der Waals surface area contributed by atoms with Crippen LogP contribution in [0, 0.1) is 18.3 Å². The van der Waals surface area contributed by atoms with E-state index in [0.717, 1.165) is 35.1 Å². The van der Waals surface area contributed by atoms with E-state index < -0.39 is 6.04 Å². The van der Waals surface area contributed by atoms with E-state index in [9.17, 15) is 4.79 Å². The van der Waals surface area contributed by atoms with Crippen LogP contribution in [0.3, 0.4) is 0 Å². The van der Waals surface area contributed by atoms with Crippen molar-refractivity contribution in [2.45, 2.75) is 39.2 Å². The Morgan fingerprint density at radius 3 is 2.95 bits per heavy atom. The average Bonchev–Trinajstić information content (AvgIpc) is 2.97. The molecule has 0 aliphatic heterocycles. The topological polar surface area (TPSA) is 70.7 Å². The van der Waals surface area contributed by atoms with Crippen molar-refractivity contribution in [3.05, 3.63) is 27.6 Å². The van der Waals surface area contributed by atoms with Crippen molar-refractivity contribution in [2.75, 3.05) is 0 Å². The first-order valence-electron chi connectivity index (χ1n) is 6.17. The maximum absolute atomic E-state index is 12.2. The molecule has 1 heterocycles. The number of halogens is 1. The van der Waals surface area contributed by atoms with Gasteiger partial charge in [-0.15, -0.1) is 0 Å². The minimum Gasteiger partial charge on any atom is -0.327 e. The molecule has 1 unspecified atom stereocenters. The summed E-state index contributed by atoms with van der Waals surface area (Å²) in [5.74, 6) is -0.136. The first kappa shape index (κ1) is 13.8. The molecule has 0 aromatic carbocycles. The summed E-state index contributed by atoms with van der Waals surface area (Å²) in [6, 6.07) is 1.75. The zero-order valence-electron chi connectivity index (χ0n) is 10.9. The van der Waals surface area contributed by atoms with Crippen LogP contribution in [-0.2, 0) is 4.79 Å². The fourth-order valence-electron chi connectivity index (χ4n) is 2.16. The van der Waals surface area contributed by atoms with Gasteiger partial charge >= 0.3 is 0 Å². The fourth-order valence-corrected chi connectivity index (χ4v) is 2.44. The minimum absolute atomic E-state index is 0.136. The molecule has 19 heavy (non-hydrogen) atoms. The summed E-state index contributed by atoms with van der Waals surface area (Å²) in [5.41, 5.74) is 2.37. The van der Waals surface area contributed by atoms with Gasteiger partial charge in [-0.25, -0.2) is 0 Å². The van der Waals surface area contributed by atoms with E-state index in [1.807, 2.05) is 6.92 Å². The lowest BCUT2D eigenvalue weighted by Gasteiger charge is -2.15. The Hall–Kier alpha value is -1.61. The third-order valence-electron chi connectivity index (χ3n) is 3.36. The number of carbonyl (C=O) groups excluding carboxylic acids is 1. The Morgan fingerprint density at radius 1 is 1.63 bits per heavy atom. The van der Waals surface area contributed by atoms with Crippen LogP contribution < -0.4 is 5.32 Å². The van der Waals surface area contributed by atoms with Crippen molar-refractivity contribution in [1.29, 1.82) is 5.26 Å². The predicted molar refractivity (Wildman–Crippen MR) is 74.0 cm³/mol. The van der Waals surface area contributed by atoms with E-state index in [0.29, 0.717) is 5.57 Å². The number of allylic oxidation sites excluding steroid dienone is 2.